The van der Waals surface area contributed by atoms with Gasteiger partial charge < -0.3 is 11.5 Å². The standard InChI is InChI=1S/C7H8N4/c8-6-3-1-2-5-4-10-7(9)11(5)6/h1-4H,8H2,(H2,9,10). The number of hydrogen-bond acceptors (Lipinski definition) is 3. The Kier molecular flexibility index (Phi) is 1.03. The fourth-order valence-electron chi connectivity index (χ4n) is 1.10. The van der Waals surface area contributed by atoms with E-state index in [-0.39, 0.29) is 0 Å². The van der Waals surface area contributed by atoms with Gasteiger partial charge in [0.05, 0.1) is 11.7 Å². The molecule has 0 atom stereocenters. The topological polar surface area (TPSA) is 69.3 Å². The Labute approximate surface area is 63.4 Å². The highest BCUT2D eigenvalue weighted by Crippen LogP contribution is 2.12. The minimum absolute atomic E-state index is 0.429. The van der Waals surface area contributed by atoms with Crippen molar-refractivity contribution in [2.75, 3.05) is 11.5 Å². The van der Waals surface area contributed by atoms with Gasteiger partial charge in [0.1, 0.15) is 5.82 Å². The van der Waals surface area contributed by atoms with Gasteiger partial charge in [-0.1, -0.05) is 6.07 Å². The summed E-state index contributed by atoms with van der Waals surface area (Å²) in [7, 11) is 0. The first-order valence-electron chi connectivity index (χ1n) is 3.26. The summed E-state index contributed by atoms with van der Waals surface area (Å²) in [4.78, 5) is 3.92. The summed E-state index contributed by atoms with van der Waals surface area (Å²) in [5.41, 5.74) is 12.1. The van der Waals surface area contributed by atoms with Gasteiger partial charge in [-0.05, 0) is 12.1 Å². The molecule has 2 aromatic rings. The molecule has 0 bridgehead atoms. The third kappa shape index (κ3) is 0.724. The Morgan fingerprint density at radius 2 is 2.09 bits per heavy atom. The largest absolute Gasteiger partial charge is 0.385 e. The van der Waals surface area contributed by atoms with Crippen LogP contribution in [0.5, 0.6) is 0 Å². The molecule has 4 nitrogen and oxygen atoms in total. The molecular formula is C7H8N4. The SMILES string of the molecule is Nc1cccc2cnc(N)n12. The molecule has 2 rings (SSSR count). The molecule has 0 amide bonds. The van der Waals surface area contributed by atoms with Gasteiger partial charge in [-0.3, -0.25) is 4.40 Å². The van der Waals surface area contributed by atoms with Crippen molar-refractivity contribution < 1.29 is 0 Å². The van der Waals surface area contributed by atoms with Crippen molar-refractivity contribution in [1.82, 2.24) is 9.38 Å². The maximum absolute atomic E-state index is 5.64. The van der Waals surface area contributed by atoms with Crippen LogP contribution in [0.1, 0.15) is 0 Å². The van der Waals surface area contributed by atoms with Crippen molar-refractivity contribution in [3.8, 4) is 0 Å². The molecule has 0 unspecified atom stereocenters. The number of rotatable bonds is 0. The predicted molar refractivity (Wildman–Crippen MR) is 44.0 cm³/mol. The number of imidazole rings is 1. The van der Waals surface area contributed by atoms with E-state index >= 15 is 0 Å². The average Bonchev–Trinajstić information content (AvgIpc) is 2.34. The lowest BCUT2D eigenvalue weighted by Crippen LogP contribution is -1.99. The Balaban J connectivity index is 2.96. The van der Waals surface area contributed by atoms with Gasteiger partial charge in [0.25, 0.3) is 0 Å². The van der Waals surface area contributed by atoms with Crippen molar-refractivity contribution in [1.29, 1.82) is 0 Å². The zero-order valence-corrected chi connectivity index (χ0v) is 5.86. The summed E-state index contributed by atoms with van der Waals surface area (Å²) in [6.45, 7) is 0. The van der Waals surface area contributed by atoms with E-state index in [9.17, 15) is 0 Å². The van der Waals surface area contributed by atoms with Crippen LogP contribution in [0.25, 0.3) is 5.52 Å². The van der Waals surface area contributed by atoms with E-state index in [1.165, 1.54) is 0 Å². The minimum atomic E-state index is 0.429. The van der Waals surface area contributed by atoms with Crippen molar-refractivity contribution in [3.05, 3.63) is 24.4 Å². The molecule has 0 aromatic carbocycles. The Morgan fingerprint density at radius 1 is 1.27 bits per heavy atom. The van der Waals surface area contributed by atoms with Crippen molar-refractivity contribution >= 4 is 17.3 Å². The molecule has 56 valence electrons. The molecule has 0 saturated carbocycles. The van der Waals surface area contributed by atoms with Gasteiger partial charge in [0, 0.05) is 0 Å². The molecular weight excluding hydrogens is 140 g/mol. The highest BCUT2D eigenvalue weighted by Gasteiger charge is 1.99. The molecule has 0 aliphatic rings. The van der Waals surface area contributed by atoms with Crippen molar-refractivity contribution in [2.24, 2.45) is 0 Å². The first kappa shape index (κ1) is 6.03. The van der Waals surface area contributed by atoms with Crippen LogP contribution in [0.3, 0.4) is 0 Å². The molecule has 4 heteroatoms. The van der Waals surface area contributed by atoms with Crippen LogP contribution in [0.4, 0.5) is 11.8 Å². The van der Waals surface area contributed by atoms with Crippen LogP contribution in [0.2, 0.25) is 0 Å². The molecule has 0 aliphatic carbocycles. The monoisotopic (exact) mass is 148 g/mol. The number of pyridine rings is 1. The number of nitrogen functional groups attached to an aromatic ring is 2. The minimum Gasteiger partial charge on any atom is -0.385 e. The quantitative estimate of drug-likeness (QED) is 0.571. The second-order valence-electron chi connectivity index (χ2n) is 2.33. The summed E-state index contributed by atoms with van der Waals surface area (Å²) < 4.78 is 1.69. The molecule has 4 N–H and O–H groups in total. The van der Waals surface area contributed by atoms with E-state index in [0.717, 1.165) is 5.52 Å². The van der Waals surface area contributed by atoms with Crippen molar-refractivity contribution in [3.63, 3.8) is 0 Å². The lowest BCUT2D eigenvalue weighted by Gasteiger charge is -1.99. The zero-order chi connectivity index (χ0) is 7.84. The fourth-order valence-corrected chi connectivity index (χ4v) is 1.10. The second kappa shape index (κ2) is 1.88. The molecule has 0 fully saturated rings. The fraction of sp³-hybridized carbons (Fsp3) is 0. The van der Waals surface area contributed by atoms with E-state index in [2.05, 4.69) is 4.98 Å². The predicted octanol–water partition coefficient (Wildman–Crippen LogP) is 0.499. The third-order valence-corrected chi connectivity index (χ3v) is 1.61. The summed E-state index contributed by atoms with van der Waals surface area (Å²) in [5, 5.41) is 0. The van der Waals surface area contributed by atoms with Crippen LogP contribution < -0.4 is 11.5 Å². The third-order valence-electron chi connectivity index (χ3n) is 1.61. The summed E-state index contributed by atoms with van der Waals surface area (Å²) in [5.74, 6) is 1.04. The molecule has 2 heterocycles. The highest BCUT2D eigenvalue weighted by molar-refractivity contribution is 5.57. The van der Waals surface area contributed by atoms with Crippen LogP contribution in [-0.2, 0) is 0 Å². The van der Waals surface area contributed by atoms with Crippen LogP contribution >= 0.6 is 0 Å². The molecule has 2 aromatic heterocycles. The Morgan fingerprint density at radius 3 is 2.82 bits per heavy atom. The van der Waals surface area contributed by atoms with E-state index in [1.54, 1.807) is 16.7 Å². The molecule has 0 radical (unpaired) electrons. The normalized spacial score (nSPS) is 10.5. The van der Waals surface area contributed by atoms with E-state index in [1.807, 2.05) is 12.1 Å². The maximum Gasteiger partial charge on any atom is 0.206 e. The summed E-state index contributed by atoms with van der Waals surface area (Å²) >= 11 is 0. The van der Waals surface area contributed by atoms with Gasteiger partial charge in [-0.25, -0.2) is 4.98 Å². The van der Waals surface area contributed by atoms with Gasteiger partial charge in [-0.2, -0.15) is 0 Å². The highest BCUT2D eigenvalue weighted by atomic mass is 15.1. The number of aromatic nitrogens is 2. The molecule has 0 saturated heterocycles. The first-order valence-corrected chi connectivity index (χ1v) is 3.26. The van der Waals surface area contributed by atoms with Crippen molar-refractivity contribution in [2.45, 2.75) is 0 Å². The van der Waals surface area contributed by atoms with Gasteiger partial charge >= 0.3 is 0 Å². The van der Waals surface area contributed by atoms with Crippen LogP contribution in [-0.4, -0.2) is 9.38 Å². The summed E-state index contributed by atoms with van der Waals surface area (Å²) in [6.07, 6.45) is 1.69. The smallest absolute Gasteiger partial charge is 0.206 e. The zero-order valence-electron chi connectivity index (χ0n) is 5.86. The number of fused-ring (bicyclic) bond motifs is 1. The lowest BCUT2D eigenvalue weighted by atomic mass is 10.4. The lowest BCUT2D eigenvalue weighted by molar-refractivity contribution is 1.18. The van der Waals surface area contributed by atoms with E-state index in [0.29, 0.717) is 11.8 Å². The van der Waals surface area contributed by atoms with Gasteiger partial charge in [0.15, 0.2) is 0 Å². The molecule has 0 spiro atoms. The van der Waals surface area contributed by atoms with E-state index in [4.69, 9.17) is 11.5 Å². The Hall–Kier alpha value is -1.71. The molecule has 11 heavy (non-hydrogen) atoms. The first-order chi connectivity index (χ1) is 5.29. The molecule has 0 aliphatic heterocycles. The van der Waals surface area contributed by atoms with Crippen LogP contribution in [0.15, 0.2) is 24.4 Å². The van der Waals surface area contributed by atoms with Gasteiger partial charge in [0.2, 0.25) is 5.95 Å². The summed E-state index contributed by atoms with van der Waals surface area (Å²) in [6, 6.07) is 5.55. The number of hydrogen-bond donors (Lipinski definition) is 2. The van der Waals surface area contributed by atoms with E-state index < -0.39 is 0 Å². The number of nitrogens with zero attached hydrogens (tertiary/aromatic N) is 2. The number of anilines is 2. The van der Waals surface area contributed by atoms with Gasteiger partial charge in [-0.15, -0.1) is 0 Å². The maximum atomic E-state index is 5.64. The Bertz CT molecular complexity index is 390. The second-order valence-corrected chi connectivity index (χ2v) is 2.33. The number of nitrogens with two attached hydrogens (primary N) is 2. The van der Waals surface area contributed by atoms with Crippen LogP contribution in [0, 0.1) is 0 Å². The average molecular weight is 148 g/mol.